The van der Waals surface area contributed by atoms with Gasteiger partial charge in [-0.15, -0.1) is 12.4 Å². The molecule has 0 aromatic carbocycles. The lowest BCUT2D eigenvalue weighted by Gasteiger charge is -1.89. The molecule has 2 nitrogen and oxygen atoms in total. The Bertz CT molecular complexity index is 201. The summed E-state index contributed by atoms with van der Waals surface area (Å²) in [6.07, 6.45) is 5.59. The Morgan fingerprint density at radius 1 is 1.50 bits per heavy atom. The minimum atomic E-state index is 0. The summed E-state index contributed by atoms with van der Waals surface area (Å²) >= 11 is 0. The Hall–Kier alpha value is -0.0700. The molecule has 0 saturated heterocycles. The summed E-state index contributed by atoms with van der Waals surface area (Å²) in [4.78, 5) is 7.36. The van der Waals surface area contributed by atoms with Crippen LogP contribution in [0.4, 0.5) is 0 Å². The molecular weight excluding hydrogens is 191 g/mol. The number of hydrogen-bond acceptors (Lipinski definition) is 1. The third kappa shape index (κ3) is 4.74. The molecule has 1 rings (SSSR count). The van der Waals surface area contributed by atoms with E-state index in [1.165, 1.54) is 18.5 Å². The van der Waals surface area contributed by atoms with E-state index >= 15 is 0 Å². The van der Waals surface area contributed by atoms with Crippen molar-refractivity contribution in [2.24, 2.45) is 0 Å². The molecule has 4 heteroatoms. The van der Waals surface area contributed by atoms with E-state index in [0.717, 1.165) is 12.2 Å². The zero-order valence-corrected chi connectivity index (χ0v) is 9.21. The highest BCUT2D eigenvalue weighted by atomic mass is 35.5. The number of nitrogens with zero attached hydrogens (tertiary/aromatic N) is 1. The molecular formula is C8H15ClN2P. The fourth-order valence-electron chi connectivity index (χ4n) is 0.954. The molecule has 69 valence electrons. The Balaban J connectivity index is 0. The van der Waals surface area contributed by atoms with Gasteiger partial charge >= 0.3 is 0 Å². The van der Waals surface area contributed by atoms with Crippen molar-refractivity contribution in [1.82, 2.24) is 9.97 Å². The van der Waals surface area contributed by atoms with Crippen LogP contribution in [0.1, 0.15) is 31.3 Å². The van der Waals surface area contributed by atoms with Crippen molar-refractivity contribution in [1.29, 1.82) is 0 Å². The number of rotatable bonds is 3. The maximum Gasteiger partial charge on any atom is 0.103 e. The highest BCUT2D eigenvalue weighted by Crippen LogP contribution is 2.01. The van der Waals surface area contributed by atoms with Gasteiger partial charge in [0.15, 0.2) is 0 Å². The maximum absolute atomic E-state index is 4.29. The van der Waals surface area contributed by atoms with Gasteiger partial charge < -0.3 is 4.98 Å². The fourth-order valence-corrected chi connectivity index (χ4v) is 0.954. The molecule has 0 aliphatic heterocycles. The summed E-state index contributed by atoms with van der Waals surface area (Å²) in [5.74, 6) is 1.02. The van der Waals surface area contributed by atoms with E-state index in [-0.39, 0.29) is 22.3 Å². The summed E-state index contributed by atoms with van der Waals surface area (Å²) < 4.78 is 0. The SMILES string of the molecule is CCCCc1c[nH]c(C)n1.Cl.[P]. The van der Waals surface area contributed by atoms with Gasteiger partial charge in [0.1, 0.15) is 5.82 Å². The van der Waals surface area contributed by atoms with Gasteiger partial charge in [-0.05, 0) is 19.8 Å². The van der Waals surface area contributed by atoms with Crippen LogP contribution in [0.2, 0.25) is 0 Å². The quantitative estimate of drug-likeness (QED) is 0.754. The van der Waals surface area contributed by atoms with E-state index in [1.807, 2.05) is 13.1 Å². The molecule has 0 fully saturated rings. The average Bonchev–Trinajstić information content (AvgIpc) is 2.31. The Labute approximate surface area is 83.6 Å². The Kier molecular flexibility index (Phi) is 9.12. The third-order valence-electron chi connectivity index (χ3n) is 1.55. The van der Waals surface area contributed by atoms with Crippen LogP contribution in [-0.2, 0) is 6.42 Å². The third-order valence-corrected chi connectivity index (χ3v) is 1.55. The molecule has 0 unspecified atom stereocenters. The van der Waals surface area contributed by atoms with Crippen molar-refractivity contribution in [3.05, 3.63) is 17.7 Å². The molecule has 0 aliphatic rings. The highest BCUT2D eigenvalue weighted by Gasteiger charge is 1.94. The first kappa shape index (κ1) is 14.5. The van der Waals surface area contributed by atoms with Crippen LogP contribution in [0.25, 0.3) is 0 Å². The zero-order valence-electron chi connectivity index (χ0n) is 7.50. The second-order valence-corrected chi connectivity index (χ2v) is 2.58. The number of imidazole rings is 1. The summed E-state index contributed by atoms with van der Waals surface area (Å²) in [5.41, 5.74) is 1.19. The maximum atomic E-state index is 4.29. The first-order valence-electron chi connectivity index (χ1n) is 3.84. The van der Waals surface area contributed by atoms with Gasteiger partial charge in [0.25, 0.3) is 0 Å². The molecule has 0 spiro atoms. The van der Waals surface area contributed by atoms with E-state index in [9.17, 15) is 0 Å². The predicted molar refractivity (Wildman–Crippen MR) is 56.1 cm³/mol. The molecule has 12 heavy (non-hydrogen) atoms. The lowest BCUT2D eigenvalue weighted by Crippen LogP contribution is -1.83. The number of aromatic amines is 1. The van der Waals surface area contributed by atoms with E-state index in [1.54, 1.807) is 0 Å². The number of hydrogen-bond donors (Lipinski definition) is 1. The zero-order chi connectivity index (χ0) is 7.40. The predicted octanol–water partition coefficient (Wildman–Crippen LogP) is 3.34. The number of halogens is 1. The largest absolute Gasteiger partial charge is 0.349 e. The molecule has 1 aromatic heterocycles. The molecule has 1 heterocycles. The fraction of sp³-hybridized carbons (Fsp3) is 0.625. The normalized spacial score (nSPS) is 8.50. The number of unbranched alkanes of at least 4 members (excludes halogenated alkanes) is 1. The van der Waals surface area contributed by atoms with Gasteiger partial charge in [-0.1, -0.05) is 13.3 Å². The minimum absolute atomic E-state index is 0. The van der Waals surface area contributed by atoms with E-state index in [4.69, 9.17) is 0 Å². The Morgan fingerprint density at radius 3 is 2.58 bits per heavy atom. The van der Waals surface area contributed by atoms with Crippen molar-refractivity contribution in [2.75, 3.05) is 0 Å². The molecule has 0 amide bonds. The lowest BCUT2D eigenvalue weighted by atomic mass is 10.2. The second kappa shape index (κ2) is 7.57. The van der Waals surface area contributed by atoms with Gasteiger partial charge in [0, 0.05) is 16.1 Å². The molecule has 0 aliphatic carbocycles. The highest BCUT2D eigenvalue weighted by molar-refractivity contribution is 6.92. The lowest BCUT2D eigenvalue weighted by molar-refractivity contribution is 0.779. The molecule has 1 aromatic rings. The number of aryl methyl sites for hydroxylation is 2. The first-order chi connectivity index (χ1) is 4.83. The first-order valence-corrected chi connectivity index (χ1v) is 3.84. The number of H-pyrrole nitrogens is 1. The van der Waals surface area contributed by atoms with Crippen LogP contribution >= 0.6 is 22.3 Å². The summed E-state index contributed by atoms with van der Waals surface area (Å²) in [6.45, 7) is 4.18. The van der Waals surface area contributed by atoms with Gasteiger partial charge in [-0.2, -0.15) is 0 Å². The molecule has 0 atom stereocenters. The Morgan fingerprint density at radius 2 is 2.17 bits per heavy atom. The van der Waals surface area contributed by atoms with Gasteiger partial charge in [-0.3, -0.25) is 0 Å². The van der Waals surface area contributed by atoms with Crippen LogP contribution < -0.4 is 0 Å². The van der Waals surface area contributed by atoms with Crippen LogP contribution in [0, 0.1) is 6.92 Å². The van der Waals surface area contributed by atoms with Crippen molar-refractivity contribution in [3.8, 4) is 0 Å². The van der Waals surface area contributed by atoms with Crippen molar-refractivity contribution >= 4 is 22.3 Å². The van der Waals surface area contributed by atoms with E-state index < -0.39 is 0 Å². The summed E-state index contributed by atoms with van der Waals surface area (Å²) in [7, 11) is 0. The number of nitrogens with one attached hydrogen (secondary N) is 1. The number of aromatic nitrogens is 2. The summed E-state index contributed by atoms with van der Waals surface area (Å²) in [5, 5.41) is 0. The van der Waals surface area contributed by atoms with Crippen molar-refractivity contribution in [3.63, 3.8) is 0 Å². The topological polar surface area (TPSA) is 28.7 Å². The average molecular weight is 206 g/mol. The molecule has 0 bridgehead atoms. The second-order valence-electron chi connectivity index (χ2n) is 2.58. The van der Waals surface area contributed by atoms with Crippen LogP contribution in [-0.4, -0.2) is 9.97 Å². The smallest absolute Gasteiger partial charge is 0.103 e. The van der Waals surface area contributed by atoms with Crippen molar-refractivity contribution in [2.45, 2.75) is 33.1 Å². The van der Waals surface area contributed by atoms with Gasteiger partial charge in [-0.25, -0.2) is 4.98 Å². The van der Waals surface area contributed by atoms with Crippen LogP contribution in [0.15, 0.2) is 6.20 Å². The van der Waals surface area contributed by atoms with Gasteiger partial charge in [0.2, 0.25) is 0 Å². The monoisotopic (exact) mass is 205 g/mol. The van der Waals surface area contributed by atoms with E-state index in [2.05, 4.69) is 16.9 Å². The minimum Gasteiger partial charge on any atom is -0.349 e. The molecule has 0 saturated carbocycles. The van der Waals surface area contributed by atoms with E-state index in [0.29, 0.717) is 0 Å². The van der Waals surface area contributed by atoms with Crippen LogP contribution in [0.5, 0.6) is 0 Å². The molecule has 3 radical (unpaired) electrons. The summed E-state index contributed by atoms with van der Waals surface area (Å²) in [6, 6.07) is 0. The molecule has 1 N–H and O–H groups in total. The van der Waals surface area contributed by atoms with Crippen molar-refractivity contribution < 1.29 is 0 Å². The standard InChI is InChI=1S/C8H14N2.ClH.P/c1-3-4-5-8-6-9-7(2)10-8;;/h6H,3-5H2,1-2H3,(H,9,10);1H;. The van der Waals surface area contributed by atoms with Gasteiger partial charge in [0.05, 0.1) is 5.69 Å². The van der Waals surface area contributed by atoms with Crippen LogP contribution in [0.3, 0.4) is 0 Å².